The van der Waals surface area contributed by atoms with E-state index >= 15 is 0 Å². The first-order valence-electron chi connectivity index (χ1n) is 11.6. The molecule has 2 amide bonds. The highest BCUT2D eigenvalue weighted by Gasteiger charge is 2.41. The first-order valence-corrected chi connectivity index (χ1v) is 13.8. The number of thioether (sulfide) groups is 1. The normalized spacial score (nSPS) is 15.4. The molecular weight excluding hydrogens is 507 g/mol. The van der Waals surface area contributed by atoms with Gasteiger partial charge in [0.1, 0.15) is 6.04 Å². The zero-order valence-corrected chi connectivity index (χ0v) is 21.9. The minimum atomic E-state index is -1.07. The summed E-state index contributed by atoms with van der Waals surface area (Å²) in [7, 11) is 0. The molecule has 3 N–H and O–H groups in total. The third-order valence-electron chi connectivity index (χ3n) is 6.49. The monoisotopic (exact) mass is 536 g/mol. The molecule has 0 saturated heterocycles. The molecule has 1 atom stereocenters. The van der Waals surface area contributed by atoms with Crippen LogP contribution in [0.15, 0.2) is 42.5 Å². The molecule has 188 valence electrons. The molecule has 9 heteroatoms. The van der Waals surface area contributed by atoms with Gasteiger partial charge in [-0.3, -0.25) is 9.59 Å². The Morgan fingerprint density at radius 3 is 2.26 bits per heavy atom. The zero-order chi connectivity index (χ0) is 25.4. The molecule has 3 rings (SSSR count). The smallest absolute Gasteiger partial charge is 0.326 e. The lowest BCUT2D eigenvalue weighted by Gasteiger charge is -2.29. The topological polar surface area (TPSA) is 95.5 Å². The number of benzene rings is 2. The number of anilines is 1. The summed E-state index contributed by atoms with van der Waals surface area (Å²) in [6.45, 7) is 0. The number of amides is 2. The predicted octanol–water partition coefficient (Wildman–Crippen LogP) is 6.06. The van der Waals surface area contributed by atoms with Crippen molar-refractivity contribution < 1.29 is 19.5 Å². The van der Waals surface area contributed by atoms with E-state index in [1.807, 2.05) is 6.26 Å². The van der Waals surface area contributed by atoms with Crippen LogP contribution in [-0.2, 0) is 16.0 Å². The third kappa shape index (κ3) is 7.15. The Balaban J connectivity index is 1.64. The van der Waals surface area contributed by atoms with Gasteiger partial charge in [0.15, 0.2) is 0 Å². The van der Waals surface area contributed by atoms with E-state index < -0.39 is 23.3 Å². The van der Waals surface area contributed by atoms with Crippen LogP contribution < -0.4 is 10.6 Å². The summed E-state index contributed by atoms with van der Waals surface area (Å²) in [5.41, 5.74) is 0.975. The Kier molecular flexibility index (Phi) is 9.89. The molecule has 2 aromatic carbocycles. The molecule has 6 nitrogen and oxygen atoms in total. The van der Waals surface area contributed by atoms with Crippen molar-refractivity contribution in [2.24, 2.45) is 5.41 Å². The van der Waals surface area contributed by atoms with Crippen molar-refractivity contribution in [2.45, 2.75) is 51.0 Å². The van der Waals surface area contributed by atoms with E-state index in [0.717, 1.165) is 49.8 Å². The van der Waals surface area contributed by atoms with Crippen LogP contribution in [0.4, 0.5) is 5.69 Å². The van der Waals surface area contributed by atoms with Crippen LogP contribution in [0.5, 0.6) is 0 Å². The second-order valence-electron chi connectivity index (χ2n) is 8.90. The van der Waals surface area contributed by atoms with Gasteiger partial charge in [0.25, 0.3) is 5.91 Å². The van der Waals surface area contributed by atoms with Gasteiger partial charge in [-0.2, -0.15) is 11.8 Å². The average Bonchev–Trinajstić information content (AvgIpc) is 3.30. The van der Waals surface area contributed by atoms with Crippen LogP contribution >= 0.6 is 35.0 Å². The van der Waals surface area contributed by atoms with Crippen molar-refractivity contribution in [1.82, 2.24) is 5.32 Å². The Morgan fingerprint density at radius 2 is 1.69 bits per heavy atom. The van der Waals surface area contributed by atoms with Crippen molar-refractivity contribution in [2.75, 3.05) is 17.3 Å². The van der Waals surface area contributed by atoms with Crippen LogP contribution in [0.1, 0.15) is 54.4 Å². The van der Waals surface area contributed by atoms with Gasteiger partial charge in [-0.25, -0.2) is 4.79 Å². The van der Waals surface area contributed by atoms with Crippen molar-refractivity contribution in [3.05, 3.63) is 63.6 Å². The minimum Gasteiger partial charge on any atom is -0.480 e. The third-order valence-corrected chi connectivity index (χ3v) is 7.82. The summed E-state index contributed by atoms with van der Waals surface area (Å²) in [6.07, 6.45) is 7.53. The largest absolute Gasteiger partial charge is 0.480 e. The van der Waals surface area contributed by atoms with E-state index in [4.69, 9.17) is 23.2 Å². The molecule has 0 unspecified atom stereocenters. The maximum atomic E-state index is 13.2. The molecule has 1 saturated carbocycles. The SMILES string of the molecule is CSCCCC1(C(=O)N[C@@H](Cc2ccc(NC(=O)c3c(Cl)cccc3Cl)cc2)C(=O)O)CCCC1. The number of carbonyl (C=O) groups is 3. The minimum absolute atomic E-state index is 0.145. The van der Waals surface area contributed by atoms with Crippen LogP contribution in [0.2, 0.25) is 10.0 Å². The number of carboxylic acids is 1. The number of hydrogen-bond acceptors (Lipinski definition) is 4. The van der Waals surface area contributed by atoms with Crippen molar-refractivity contribution in [3.8, 4) is 0 Å². The highest BCUT2D eigenvalue weighted by molar-refractivity contribution is 7.98. The quantitative estimate of drug-likeness (QED) is 0.303. The van der Waals surface area contributed by atoms with Gasteiger partial charge in [-0.05, 0) is 67.5 Å². The molecule has 35 heavy (non-hydrogen) atoms. The summed E-state index contributed by atoms with van der Waals surface area (Å²) >= 11 is 14.0. The van der Waals surface area contributed by atoms with E-state index in [2.05, 4.69) is 10.6 Å². The van der Waals surface area contributed by atoms with Gasteiger partial charge < -0.3 is 15.7 Å². The number of hydrogen-bond donors (Lipinski definition) is 3. The lowest BCUT2D eigenvalue weighted by molar-refractivity contribution is -0.144. The number of aliphatic carboxylic acids is 1. The van der Waals surface area contributed by atoms with Crippen molar-refractivity contribution >= 4 is 58.4 Å². The van der Waals surface area contributed by atoms with E-state index in [1.54, 1.807) is 54.2 Å². The van der Waals surface area contributed by atoms with E-state index in [0.29, 0.717) is 5.69 Å². The van der Waals surface area contributed by atoms with Gasteiger partial charge >= 0.3 is 5.97 Å². The first-order chi connectivity index (χ1) is 16.8. The van der Waals surface area contributed by atoms with Crippen LogP contribution in [-0.4, -0.2) is 40.9 Å². The van der Waals surface area contributed by atoms with E-state index in [-0.39, 0.29) is 27.9 Å². The summed E-state index contributed by atoms with van der Waals surface area (Å²) in [4.78, 5) is 37.7. The van der Waals surface area contributed by atoms with Crippen LogP contribution in [0.3, 0.4) is 0 Å². The van der Waals surface area contributed by atoms with Crippen molar-refractivity contribution in [3.63, 3.8) is 0 Å². The van der Waals surface area contributed by atoms with Gasteiger partial charge in [0.2, 0.25) is 5.91 Å². The lowest BCUT2D eigenvalue weighted by atomic mass is 9.80. The summed E-state index contributed by atoms with van der Waals surface area (Å²) in [5, 5.41) is 15.8. The standard InChI is InChI=1S/C26H30Cl2N2O4S/c1-35-15-5-14-26(12-2-3-13-26)25(34)30-21(24(32)33)16-17-8-10-18(11-9-17)29-23(31)22-19(27)6-4-7-20(22)28/h4,6-11,21H,2-3,5,12-16H2,1H3,(H,29,31)(H,30,34)(H,32,33)/t21-/m0/s1. The van der Waals surface area contributed by atoms with Crippen LogP contribution in [0.25, 0.3) is 0 Å². The highest BCUT2D eigenvalue weighted by atomic mass is 35.5. The molecule has 0 bridgehead atoms. The predicted molar refractivity (Wildman–Crippen MR) is 143 cm³/mol. The summed E-state index contributed by atoms with van der Waals surface area (Å²) in [5.74, 6) is -0.666. The molecule has 0 spiro atoms. The van der Waals surface area contributed by atoms with Crippen LogP contribution in [0, 0.1) is 5.41 Å². The maximum absolute atomic E-state index is 13.2. The van der Waals surface area contributed by atoms with Gasteiger partial charge in [-0.15, -0.1) is 0 Å². The van der Waals surface area contributed by atoms with Gasteiger partial charge in [0, 0.05) is 17.5 Å². The fourth-order valence-electron chi connectivity index (χ4n) is 4.58. The molecule has 1 aliphatic carbocycles. The first kappa shape index (κ1) is 27.4. The molecule has 2 aromatic rings. The number of rotatable bonds is 11. The highest BCUT2D eigenvalue weighted by Crippen LogP contribution is 2.42. The van der Waals surface area contributed by atoms with Crippen molar-refractivity contribution in [1.29, 1.82) is 0 Å². The molecular formula is C26H30Cl2N2O4S. The second-order valence-corrected chi connectivity index (χ2v) is 10.7. The molecule has 0 aliphatic heterocycles. The molecule has 0 heterocycles. The number of halogens is 2. The average molecular weight is 538 g/mol. The number of carbonyl (C=O) groups excluding carboxylic acids is 2. The molecule has 0 radical (unpaired) electrons. The molecule has 1 fully saturated rings. The Morgan fingerprint density at radius 1 is 1.06 bits per heavy atom. The Bertz CT molecular complexity index is 1040. The maximum Gasteiger partial charge on any atom is 0.326 e. The number of carboxylic acid groups (broad SMARTS) is 1. The lowest BCUT2D eigenvalue weighted by Crippen LogP contribution is -2.48. The fourth-order valence-corrected chi connectivity index (χ4v) is 5.58. The fraction of sp³-hybridized carbons (Fsp3) is 0.423. The van der Waals surface area contributed by atoms with E-state index in [1.165, 1.54) is 0 Å². The Labute approximate surface area is 220 Å². The zero-order valence-electron chi connectivity index (χ0n) is 19.6. The Hall–Kier alpha value is -2.22. The summed E-state index contributed by atoms with van der Waals surface area (Å²) < 4.78 is 0. The van der Waals surface area contributed by atoms with Gasteiger partial charge in [-0.1, -0.05) is 54.2 Å². The molecule has 0 aromatic heterocycles. The second kappa shape index (κ2) is 12.7. The number of nitrogens with one attached hydrogen (secondary N) is 2. The summed E-state index contributed by atoms with van der Waals surface area (Å²) in [6, 6.07) is 10.6. The van der Waals surface area contributed by atoms with Gasteiger partial charge in [0.05, 0.1) is 15.6 Å². The molecule has 1 aliphatic rings. The van der Waals surface area contributed by atoms with E-state index in [9.17, 15) is 19.5 Å².